The zero-order valence-electron chi connectivity index (χ0n) is 32.2. The van der Waals surface area contributed by atoms with Crippen molar-refractivity contribution in [1.82, 2.24) is 0 Å². The van der Waals surface area contributed by atoms with E-state index in [0.717, 1.165) is 22.4 Å². The zero-order chi connectivity index (χ0) is 36.6. The second-order valence-electron chi connectivity index (χ2n) is 14.0. The van der Waals surface area contributed by atoms with Crippen LogP contribution in [0.1, 0.15) is 62.8 Å². The van der Waals surface area contributed by atoms with Crippen molar-refractivity contribution in [3.05, 3.63) is 180 Å². The monoisotopic (exact) mass is 881 g/mol. The summed E-state index contributed by atoms with van der Waals surface area (Å²) in [6, 6.07) is 58.5. The van der Waals surface area contributed by atoms with E-state index in [2.05, 4.69) is 179 Å². The molecule has 0 spiro atoms. The molecule has 9 rings (SSSR count). The third-order valence-corrected chi connectivity index (χ3v) is 11.8. The van der Waals surface area contributed by atoms with Crippen LogP contribution in [0, 0.1) is 6.07 Å². The smallest absolute Gasteiger partial charge is 0.0920 e. The summed E-state index contributed by atoms with van der Waals surface area (Å²) in [7, 11) is 0.795. The number of aryl methyl sites for hydroxylation is 4. The Morgan fingerprint density at radius 2 is 0.944 bits per heavy atom. The topological polar surface area (TPSA) is 0 Å². The molecule has 0 aliphatic carbocycles. The van der Waals surface area contributed by atoms with Crippen molar-refractivity contribution in [3.63, 3.8) is 0 Å². The van der Waals surface area contributed by atoms with Gasteiger partial charge in [0.1, 0.15) is 0 Å². The van der Waals surface area contributed by atoms with Crippen molar-refractivity contribution in [3.8, 4) is 33.4 Å². The van der Waals surface area contributed by atoms with Gasteiger partial charge >= 0.3 is 0 Å². The van der Waals surface area contributed by atoms with Gasteiger partial charge in [-0.2, -0.15) is 41.6 Å². The Kier molecular flexibility index (Phi) is 13.7. The molecule has 2 radical (unpaired) electrons. The van der Waals surface area contributed by atoms with Gasteiger partial charge in [-0.3, -0.25) is 0 Å². The largest absolute Gasteiger partial charge is 0.184 e. The molecule has 0 saturated carbocycles. The fraction of sp³-hybridized carbons (Fsp3) is 0.192. The van der Waals surface area contributed by atoms with Gasteiger partial charge in [0, 0.05) is 25.8 Å². The summed E-state index contributed by atoms with van der Waals surface area (Å²) in [5.41, 5.74) is 14.1. The molecule has 1 heterocycles. The minimum Gasteiger partial charge on any atom is -0.184 e. The van der Waals surface area contributed by atoms with Crippen molar-refractivity contribution < 1.29 is 25.8 Å². The number of hydrogen-bond donors (Lipinski definition) is 0. The van der Waals surface area contributed by atoms with Gasteiger partial charge < -0.3 is 0 Å². The normalized spacial score (nSPS) is 11.2. The Hall–Kier alpha value is -4.37. The molecule has 1 aliphatic heterocycles. The van der Waals surface area contributed by atoms with Gasteiger partial charge in [-0.25, -0.2) is 0 Å². The third kappa shape index (κ3) is 8.62. The molecule has 268 valence electrons. The maximum Gasteiger partial charge on any atom is 0.0920 e. The van der Waals surface area contributed by atoms with E-state index >= 15 is 0 Å². The molecule has 0 bridgehead atoms. The third-order valence-electron chi connectivity index (χ3n) is 10.4. The molecule has 0 aromatic heterocycles. The summed E-state index contributed by atoms with van der Waals surface area (Å²) in [5.74, 6) is 0. The minimum atomic E-state index is 0. The van der Waals surface area contributed by atoms with Gasteiger partial charge in [0.15, 0.2) is 0 Å². The van der Waals surface area contributed by atoms with E-state index in [1.54, 1.807) is 0 Å². The first-order valence-electron chi connectivity index (χ1n) is 19.5. The van der Waals surface area contributed by atoms with Crippen LogP contribution in [0.4, 0.5) is 0 Å². The van der Waals surface area contributed by atoms with Crippen LogP contribution in [0.15, 0.2) is 152 Å². The summed E-state index contributed by atoms with van der Waals surface area (Å²) >= 11 is 0. The van der Waals surface area contributed by atoms with E-state index in [0.29, 0.717) is 0 Å². The van der Waals surface area contributed by atoms with Crippen LogP contribution in [0.5, 0.6) is 0 Å². The molecule has 0 fully saturated rings. The molecule has 0 nitrogen and oxygen atoms in total. The molecule has 54 heavy (non-hydrogen) atoms. The number of fused-ring (bicyclic) bond motifs is 5. The van der Waals surface area contributed by atoms with Gasteiger partial charge in [0.05, 0.1) is 9.52 Å². The first-order valence-corrected chi connectivity index (χ1v) is 20.5. The minimum absolute atomic E-state index is 0. The second-order valence-corrected chi connectivity index (χ2v) is 15.3. The predicted octanol–water partition coefficient (Wildman–Crippen LogP) is 12.6. The summed E-state index contributed by atoms with van der Waals surface area (Å²) in [6.07, 6.45) is 6.91. The molecule has 0 N–H and O–H groups in total. The maximum absolute atomic E-state index is 3.31. The van der Waals surface area contributed by atoms with Crippen LogP contribution in [0.25, 0.3) is 54.9 Å². The van der Waals surface area contributed by atoms with E-state index in [-0.39, 0.29) is 25.8 Å². The van der Waals surface area contributed by atoms with Crippen LogP contribution in [-0.4, -0.2) is 9.52 Å². The molecule has 0 unspecified atom stereocenters. The number of benzene rings is 6. The van der Waals surface area contributed by atoms with Gasteiger partial charge in [-0.15, -0.1) is 74.6 Å². The maximum atomic E-state index is 3.31. The average molecular weight is 881 g/mol. The molecule has 0 saturated heterocycles. The van der Waals surface area contributed by atoms with Crippen LogP contribution in [0.3, 0.4) is 0 Å². The van der Waals surface area contributed by atoms with Crippen molar-refractivity contribution >= 4 is 41.4 Å². The molecular weight excluding hydrogens is 831 g/mol. The molecule has 8 aromatic carbocycles. The van der Waals surface area contributed by atoms with Crippen molar-refractivity contribution in [2.24, 2.45) is 0 Å². The van der Waals surface area contributed by atoms with E-state index < -0.39 is 0 Å². The molecule has 1 aliphatic rings. The van der Waals surface area contributed by atoms with E-state index in [1.807, 2.05) is 6.07 Å². The summed E-state index contributed by atoms with van der Waals surface area (Å²) in [4.78, 5) is 0. The molecule has 8 aromatic rings. The molecular formula is C52H49HfSi-3. The first-order chi connectivity index (χ1) is 26.1. The second kappa shape index (κ2) is 18.8. The molecule has 0 atom stereocenters. The van der Waals surface area contributed by atoms with E-state index in [4.69, 9.17) is 0 Å². The van der Waals surface area contributed by atoms with Crippen LogP contribution in [0.2, 0.25) is 0 Å². The summed E-state index contributed by atoms with van der Waals surface area (Å²) in [6.45, 7) is 8.94. The SMILES string of the molecule is CCCc1cc2c(-c3ccccc3CC)cccc2[cH-]1.CCCc1cc2c(-c3ccccc3CC)cccc2[cH-]1.[Hf].[c-]1cccc2c1[Si]c1ccccc1-2. The van der Waals surface area contributed by atoms with Crippen LogP contribution >= 0.6 is 0 Å². The standard InChI is InChI=1S/2C20H21.C12H7Si.Hf/c2*1-3-8-15-13-17-10-7-12-19(20(17)14-15)18-11-6-5-9-16(18)4-2;1-3-7-11-9(5-1)10-6-2-4-8-12(10)13-11;/h2*5-7,9-14H,3-4,8H2,1-2H3;1-7H;/q3*-1;. The van der Waals surface area contributed by atoms with Gasteiger partial charge in [-0.1, -0.05) is 147 Å². The van der Waals surface area contributed by atoms with E-state index in [9.17, 15) is 0 Å². The Balaban J connectivity index is 0.000000140. The fourth-order valence-electron chi connectivity index (χ4n) is 7.84. The van der Waals surface area contributed by atoms with Crippen LogP contribution < -0.4 is 10.4 Å². The average Bonchev–Trinajstić information content (AvgIpc) is 3.93. The Labute approximate surface area is 344 Å². The zero-order valence-corrected chi connectivity index (χ0v) is 36.8. The fourth-order valence-corrected chi connectivity index (χ4v) is 9.15. The predicted molar refractivity (Wildman–Crippen MR) is 232 cm³/mol. The van der Waals surface area contributed by atoms with Crippen molar-refractivity contribution in [2.75, 3.05) is 0 Å². The molecule has 0 amide bonds. The van der Waals surface area contributed by atoms with Gasteiger partial charge in [0.25, 0.3) is 0 Å². The Bertz CT molecular complexity index is 2270. The number of hydrogen-bond acceptors (Lipinski definition) is 0. The quantitative estimate of drug-likeness (QED) is 0.105. The Morgan fingerprint density at radius 1 is 0.481 bits per heavy atom. The summed E-state index contributed by atoms with van der Waals surface area (Å²) in [5, 5.41) is 8.37. The van der Waals surface area contributed by atoms with Crippen molar-refractivity contribution in [2.45, 2.75) is 66.2 Å². The molecule has 2 heteroatoms. The van der Waals surface area contributed by atoms with Gasteiger partial charge in [-0.05, 0) is 47.9 Å². The first kappa shape index (κ1) is 39.3. The Morgan fingerprint density at radius 3 is 1.46 bits per heavy atom. The van der Waals surface area contributed by atoms with Crippen LogP contribution in [-0.2, 0) is 51.5 Å². The number of rotatable bonds is 8. The summed E-state index contributed by atoms with van der Waals surface area (Å²) < 4.78 is 0. The van der Waals surface area contributed by atoms with Gasteiger partial charge in [0.2, 0.25) is 0 Å². The van der Waals surface area contributed by atoms with E-state index in [1.165, 1.54) is 113 Å². The van der Waals surface area contributed by atoms with Crippen molar-refractivity contribution in [1.29, 1.82) is 0 Å².